The van der Waals surface area contributed by atoms with Crippen LogP contribution in [-0.4, -0.2) is 29.6 Å². The molecular formula is C34H31N5O3S. The van der Waals surface area contributed by atoms with Gasteiger partial charge in [-0.1, -0.05) is 54.1 Å². The summed E-state index contributed by atoms with van der Waals surface area (Å²) in [6.07, 6.45) is 1.49. The van der Waals surface area contributed by atoms with Crippen molar-refractivity contribution in [3.8, 4) is 17.0 Å². The third-order valence-electron chi connectivity index (χ3n) is 6.78. The number of benzene rings is 4. The minimum atomic E-state index is -0.353. The lowest BCUT2D eigenvalue weighted by molar-refractivity contribution is -0.118. The molecule has 0 bridgehead atoms. The van der Waals surface area contributed by atoms with E-state index in [4.69, 9.17) is 4.74 Å². The molecule has 0 radical (unpaired) electrons. The number of para-hydroxylation sites is 1. The second-order valence-electron chi connectivity index (χ2n) is 9.93. The molecule has 0 atom stereocenters. The smallest absolute Gasteiger partial charge is 0.271 e. The zero-order chi connectivity index (χ0) is 30.2. The molecule has 0 aliphatic carbocycles. The molecule has 0 spiro atoms. The Balaban J connectivity index is 1.15. The van der Waals surface area contributed by atoms with E-state index in [1.807, 2.05) is 79.9 Å². The fraction of sp³-hybridized carbons (Fsp3) is 0.118. The minimum absolute atomic E-state index is 0.167. The zero-order valence-electron chi connectivity index (χ0n) is 24.0. The number of anilines is 3. The van der Waals surface area contributed by atoms with E-state index >= 15 is 0 Å². The fourth-order valence-corrected chi connectivity index (χ4v) is 4.92. The molecule has 3 N–H and O–H groups in total. The van der Waals surface area contributed by atoms with Crippen LogP contribution >= 0.6 is 11.3 Å². The van der Waals surface area contributed by atoms with Gasteiger partial charge in [0.1, 0.15) is 5.75 Å². The van der Waals surface area contributed by atoms with Crippen LogP contribution in [0.5, 0.6) is 5.75 Å². The largest absolute Gasteiger partial charge is 0.483 e. The standard InChI is InChI=1S/C34H31N5O3S/c1-22-11-17-28(18-12-22)36-34-38-30(21-43-34)25-13-15-26(16-14-25)33(41)39-35-19-27-8-4-5-10-31(27)42-20-32(40)37-29-9-6-7-23(2)24(29)3/h4-19,21H,20H2,1-3H3,(H,36,38)(H,37,40)(H,39,41)/b35-19+. The minimum Gasteiger partial charge on any atom is -0.483 e. The van der Waals surface area contributed by atoms with Gasteiger partial charge in [0.25, 0.3) is 11.8 Å². The molecule has 2 amide bonds. The number of hydrogen-bond acceptors (Lipinski definition) is 7. The van der Waals surface area contributed by atoms with E-state index in [9.17, 15) is 9.59 Å². The highest BCUT2D eigenvalue weighted by Crippen LogP contribution is 2.27. The van der Waals surface area contributed by atoms with Crippen molar-refractivity contribution in [1.29, 1.82) is 0 Å². The number of thiazole rings is 1. The van der Waals surface area contributed by atoms with Gasteiger partial charge in [0.15, 0.2) is 11.7 Å². The lowest BCUT2D eigenvalue weighted by atomic mass is 10.1. The molecule has 9 heteroatoms. The van der Waals surface area contributed by atoms with Crippen LogP contribution < -0.4 is 20.8 Å². The van der Waals surface area contributed by atoms with Crippen molar-refractivity contribution in [3.63, 3.8) is 0 Å². The number of nitrogens with one attached hydrogen (secondary N) is 3. The van der Waals surface area contributed by atoms with E-state index in [1.165, 1.54) is 23.1 Å². The van der Waals surface area contributed by atoms with E-state index in [1.54, 1.807) is 30.3 Å². The molecule has 4 aromatic carbocycles. The highest BCUT2D eigenvalue weighted by Gasteiger charge is 2.10. The van der Waals surface area contributed by atoms with E-state index in [0.717, 1.165) is 38.9 Å². The fourth-order valence-electron chi connectivity index (χ4n) is 4.18. The molecule has 8 nitrogen and oxygen atoms in total. The van der Waals surface area contributed by atoms with E-state index in [-0.39, 0.29) is 18.4 Å². The molecule has 0 fully saturated rings. The first-order chi connectivity index (χ1) is 20.9. The van der Waals surface area contributed by atoms with Gasteiger partial charge in [-0.25, -0.2) is 10.4 Å². The molecule has 0 aliphatic rings. The molecule has 1 aromatic heterocycles. The molecule has 43 heavy (non-hydrogen) atoms. The molecule has 5 rings (SSSR count). The maximum atomic E-state index is 12.7. The van der Waals surface area contributed by atoms with Crippen LogP contribution in [0.15, 0.2) is 101 Å². The number of carbonyl (C=O) groups is 2. The van der Waals surface area contributed by atoms with Gasteiger partial charge in [0.05, 0.1) is 11.9 Å². The Bertz CT molecular complexity index is 1760. The lowest BCUT2D eigenvalue weighted by Gasteiger charge is -2.12. The Morgan fingerprint density at radius 1 is 0.907 bits per heavy atom. The van der Waals surface area contributed by atoms with Gasteiger partial charge >= 0.3 is 0 Å². The Morgan fingerprint density at radius 2 is 1.67 bits per heavy atom. The molecule has 1 heterocycles. The van der Waals surface area contributed by atoms with Crippen molar-refractivity contribution in [3.05, 3.63) is 124 Å². The number of amides is 2. The Labute approximate surface area is 254 Å². The van der Waals surface area contributed by atoms with Crippen LogP contribution in [0.25, 0.3) is 11.3 Å². The van der Waals surface area contributed by atoms with Gasteiger partial charge in [-0.05, 0) is 74.4 Å². The van der Waals surface area contributed by atoms with Gasteiger partial charge < -0.3 is 15.4 Å². The maximum absolute atomic E-state index is 12.7. The van der Waals surface area contributed by atoms with Crippen LogP contribution in [-0.2, 0) is 4.79 Å². The van der Waals surface area contributed by atoms with Crippen LogP contribution in [0.1, 0.15) is 32.6 Å². The van der Waals surface area contributed by atoms with Crippen molar-refractivity contribution >= 4 is 45.9 Å². The first-order valence-corrected chi connectivity index (χ1v) is 14.5. The third-order valence-corrected chi connectivity index (χ3v) is 7.53. The topological polar surface area (TPSA) is 105 Å². The summed E-state index contributed by atoms with van der Waals surface area (Å²) < 4.78 is 5.75. The second kappa shape index (κ2) is 13.6. The van der Waals surface area contributed by atoms with Crippen LogP contribution in [0.4, 0.5) is 16.5 Å². The average Bonchev–Trinajstić information content (AvgIpc) is 3.48. The first kappa shape index (κ1) is 29.2. The number of aromatic nitrogens is 1. The maximum Gasteiger partial charge on any atom is 0.271 e. The summed E-state index contributed by atoms with van der Waals surface area (Å²) in [7, 11) is 0. The number of carbonyl (C=O) groups excluding carboxylic acids is 2. The van der Waals surface area contributed by atoms with Gasteiger partial charge in [-0.15, -0.1) is 11.3 Å². The summed E-state index contributed by atoms with van der Waals surface area (Å²) in [6, 6.07) is 28.2. The van der Waals surface area contributed by atoms with Gasteiger partial charge in [0.2, 0.25) is 0 Å². The Morgan fingerprint density at radius 3 is 2.47 bits per heavy atom. The molecule has 216 valence electrons. The highest BCUT2D eigenvalue weighted by molar-refractivity contribution is 7.14. The number of ether oxygens (including phenoxy) is 1. The summed E-state index contributed by atoms with van der Waals surface area (Å²) in [5.74, 6) is -0.150. The molecule has 0 saturated carbocycles. The summed E-state index contributed by atoms with van der Waals surface area (Å²) in [5.41, 5.74) is 10.4. The first-order valence-electron chi connectivity index (χ1n) is 13.7. The van der Waals surface area contributed by atoms with Crippen LogP contribution in [0.2, 0.25) is 0 Å². The number of aryl methyl sites for hydroxylation is 2. The number of rotatable bonds is 10. The number of hydrazone groups is 1. The molecule has 0 unspecified atom stereocenters. The van der Waals surface area contributed by atoms with Crippen LogP contribution in [0.3, 0.4) is 0 Å². The van der Waals surface area contributed by atoms with E-state index < -0.39 is 0 Å². The van der Waals surface area contributed by atoms with Gasteiger partial charge in [-0.2, -0.15) is 5.10 Å². The Hall–Kier alpha value is -5.28. The summed E-state index contributed by atoms with van der Waals surface area (Å²) in [5, 5.41) is 13.1. The summed E-state index contributed by atoms with van der Waals surface area (Å²) in [4.78, 5) is 29.9. The van der Waals surface area contributed by atoms with Crippen molar-refractivity contribution in [2.45, 2.75) is 20.8 Å². The molecule has 0 saturated heterocycles. The predicted molar refractivity (Wildman–Crippen MR) is 174 cm³/mol. The van der Waals surface area contributed by atoms with Crippen molar-refractivity contribution < 1.29 is 14.3 Å². The van der Waals surface area contributed by atoms with Gasteiger partial charge in [0, 0.05) is 33.4 Å². The monoisotopic (exact) mass is 589 g/mol. The second-order valence-corrected chi connectivity index (χ2v) is 10.8. The summed E-state index contributed by atoms with van der Waals surface area (Å²) in [6.45, 7) is 5.84. The molecule has 0 aliphatic heterocycles. The molecular weight excluding hydrogens is 558 g/mol. The summed E-state index contributed by atoms with van der Waals surface area (Å²) >= 11 is 1.52. The van der Waals surface area contributed by atoms with Crippen molar-refractivity contribution in [1.82, 2.24) is 10.4 Å². The van der Waals surface area contributed by atoms with Crippen molar-refractivity contribution in [2.24, 2.45) is 5.10 Å². The van der Waals surface area contributed by atoms with Crippen molar-refractivity contribution in [2.75, 3.05) is 17.2 Å². The van der Waals surface area contributed by atoms with Gasteiger partial charge in [-0.3, -0.25) is 9.59 Å². The zero-order valence-corrected chi connectivity index (χ0v) is 24.9. The quantitative estimate of drug-likeness (QED) is 0.117. The third kappa shape index (κ3) is 7.72. The van der Waals surface area contributed by atoms with E-state index in [0.29, 0.717) is 16.9 Å². The predicted octanol–water partition coefficient (Wildman–Crippen LogP) is 7.26. The normalized spacial score (nSPS) is 10.9. The molecule has 5 aromatic rings. The van der Waals surface area contributed by atoms with Crippen LogP contribution in [0, 0.1) is 20.8 Å². The number of nitrogens with zero attached hydrogens (tertiary/aromatic N) is 2. The average molecular weight is 590 g/mol. The number of hydrogen-bond donors (Lipinski definition) is 3. The lowest BCUT2D eigenvalue weighted by Crippen LogP contribution is -2.21. The van der Waals surface area contributed by atoms with E-state index in [2.05, 4.69) is 33.1 Å². The highest BCUT2D eigenvalue weighted by atomic mass is 32.1. The Kier molecular flexibility index (Phi) is 9.23. The SMILES string of the molecule is Cc1ccc(Nc2nc(-c3ccc(C(=O)N/N=C/c4ccccc4OCC(=O)Nc4cccc(C)c4C)cc3)cs2)cc1.